The van der Waals surface area contributed by atoms with Crippen LogP contribution < -0.4 is 5.32 Å². The maximum absolute atomic E-state index is 4.55. The molecule has 0 unspecified atom stereocenters. The minimum atomic E-state index is 0.642. The molecule has 5 rings (SSSR count). The second-order valence-corrected chi connectivity index (χ2v) is 7.01. The molecule has 0 aliphatic rings. The van der Waals surface area contributed by atoms with Crippen LogP contribution in [0.2, 0.25) is 0 Å². The molecule has 0 atom stereocenters. The van der Waals surface area contributed by atoms with Crippen LogP contribution in [0.3, 0.4) is 0 Å². The van der Waals surface area contributed by atoms with Gasteiger partial charge in [0.1, 0.15) is 11.3 Å². The molecule has 0 radical (unpaired) electrons. The molecule has 3 heterocycles. The van der Waals surface area contributed by atoms with Crippen molar-refractivity contribution < 1.29 is 0 Å². The van der Waals surface area contributed by atoms with Gasteiger partial charge in [-0.05, 0) is 40.5 Å². The minimum Gasteiger partial charge on any atom is -0.366 e. The summed E-state index contributed by atoms with van der Waals surface area (Å²) in [4.78, 5) is 13.1. The topological polar surface area (TPSA) is 68.5 Å². The standard InChI is InChI=1S/C24H20N6/c1-2-5-21(19-8-6-18(7-9-19)17-30-15-3-12-28-30)20(4-1)16-27-23-11-10-22-24(29-23)26-14-13-25-22/h1-15H,16-17H2,(H,26,27,29). The van der Waals surface area contributed by atoms with Crippen molar-refractivity contribution in [2.75, 3.05) is 5.32 Å². The van der Waals surface area contributed by atoms with Crippen molar-refractivity contribution in [3.63, 3.8) is 0 Å². The van der Waals surface area contributed by atoms with Gasteiger partial charge in [-0.3, -0.25) is 9.67 Å². The van der Waals surface area contributed by atoms with Crippen molar-refractivity contribution in [1.82, 2.24) is 24.7 Å². The fourth-order valence-corrected chi connectivity index (χ4v) is 3.47. The van der Waals surface area contributed by atoms with Crippen LogP contribution in [0.15, 0.2) is 91.5 Å². The highest BCUT2D eigenvalue weighted by atomic mass is 15.3. The molecule has 6 nitrogen and oxygen atoms in total. The third-order valence-corrected chi connectivity index (χ3v) is 4.98. The van der Waals surface area contributed by atoms with Crippen molar-refractivity contribution in [3.8, 4) is 11.1 Å². The minimum absolute atomic E-state index is 0.642. The number of anilines is 1. The molecule has 0 amide bonds. The van der Waals surface area contributed by atoms with Gasteiger partial charge in [0, 0.05) is 31.3 Å². The fraction of sp³-hybridized carbons (Fsp3) is 0.0833. The Morgan fingerprint density at radius 1 is 0.800 bits per heavy atom. The van der Waals surface area contributed by atoms with Gasteiger partial charge in [0.25, 0.3) is 0 Å². The molecule has 6 heteroatoms. The zero-order valence-corrected chi connectivity index (χ0v) is 16.3. The first-order chi connectivity index (χ1) is 14.8. The van der Waals surface area contributed by atoms with E-state index in [1.807, 2.05) is 29.1 Å². The summed E-state index contributed by atoms with van der Waals surface area (Å²) in [6, 6.07) is 22.9. The summed E-state index contributed by atoms with van der Waals surface area (Å²) in [5.74, 6) is 0.785. The van der Waals surface area contributed by atoms with Crippen molar-refractivity contribution in [1.29, 1.82) is 0 Å². The second kappa shape index (κ2) is 8.13. The number of pyridine rings is 1. The van der Waals surface area contributed by atoms with Crippen LogP contribution in [0.1, 0.15) is 11.1 Å². The number of hydrogen-bond donors (Lipinski definition) is 1. The van der Waals surface area contributed by atoms with Gasteiger partial charge in [-0.15, -0.1) is 0 Å². The van der Waals surface area contributed by atoms with Crippen LogP contribution in [-0.2, 0) is 13.1 Å². The Kier molecular flexibility index (Phi) is 4.88. The molecular formula is C24H20N6. The third-order valence-electron chi connectivity index (χ3n) is 4.98. The molecule has 0 fully saturated rings. The second-order valence-electron chi connectivity index (χ2n) is 7.01. The monoisotopic (exact) mass is 392 g/mol. The molecule has 0 bridgehead atoms. The highest BCUT2D eigenvalue weighted by Crippen LogP contribution is 2.25. The van der Waals surface area contributed by atoms with Crippen LogP contribution in [-0.4, -0.2) is 24.7 Å². The zero-order chi connectivity index (χ0) is 20.2. The lowest BCUT2D eigenvalue weighted by Gasteiger charge is -2.12. The molecule has 0 saturated carbocycles. The molecule has 30 heavy (non-hydrogen) atoms. The average Bonchev–Trinajstić information content (AvgIpc) is 3.31. The maximum Gasteiger partial charge on any atom is 0.180 e. The third kappa shape index (κ3) is 3.89. The van der Waals surface area contributed by atoms with E-state index in [0.29, 0.717) is 12.2 Å². The average molecular weight is 392 g/mol. The lowest BCUT2D eigenvalue weighted by Crippen LogP contribution is -2.03. The number of rotatable bonds is 6. The van der Waals surface area contributed by atoms with Crippen LogP contribution in [0.5, 0.6) is 0 Å². The van der Waals surface area contributed by atoms with Gasteiger partial charge >= 0.3 is 0 Å². The first-order valence-corrected chi connectivity index (χ1v) is 9.81. The van der Waals surface area contributed by atoms with Gasteiger partial charge in [0.05, 0.1) is 6.54 Å². The largest absolute Gasteiger partial charge is 0.366 e. The molecule has 0 aliphatic carbocycles. The van der Waals surface area contributed by atoms with E-state index in [9.17, 15) is 0 Å². The fourth-order valence-electron chi connectivity index (χ4n) is 3.47. The quantitative estimate of drug-likeness (QED) is 0.459. The lowest BCUT2D eigenvalue weighted by atomic mass is 9.98. The molecule has 1 N–H and O–H groups in total. The van der Waals surface area contributed by atoms with E-state index in [0.717, 1.165) is 17.9 Å². The number of benzene rings is 2. The smallest absolute Gasteiger partial charge is 0.180 e. The maximum atomic E-state index is 4.55. The van der Waals surface area contributed by atoms with E-state index in [4.69, 9.17) is 0 Å². The normalized spacial score (nSPS) is 10.9. The molecule has 3 aromatic heterocycles. The van der Waals surface area contributed by atoms with E-state index >= 15 is 0 Å². The number of nitrogens with one attached hydrogen (secondary N) is 1. The number of nitrogens with zero attached hydrogens (tertiary/aromatic N) is 5. The Balaban J connectivity index is 1.34. The predicted molar refractivity (Wildman–Crippen MR) is 118 cm³/mol. The van der Waals surface area contributed by atoms with E-state index in [1.54, 1.807) is 18.6 Å². The van der Waals surface area contributed by atoms with Crippen LogP contribution in [0.25, 0.3) is 22.3 Å². The van der Waals surface area contributed by atoms with E-state index in [-0.39, 0.29) is 0 Å². The Bertz CT molecular complexity index is 1260. The highest BCUT2D eigenvalue weighted by Gasteiger charge is 2.06. The number of fused-ring (bicyclic) bond motifs is 1. The summed E-state index contributed by atoms with van der Waals surface area (Å²) in [5, 5.41) is 7.69. The highest BCUT2D eigenvalue weighted by molar-refractivity contribution is 5.72. The zero-order valence-electron chi connectivity index (χ0n) is 16.3. The summed E-state index contributed by atoms with van der Waals surface area (Å²) in [6.45, 7) is 1.44. The summed E-state index contributed by atoms with van der Waals surface area (Å²) in [5.41, 5.74) is 6.25. The Labute approximate surface area is 174 Å². The van der Waals surface area contributed by atoms with E-state index in [1.165, 1.54) is 22.3 Å². The van der Waals surface area contributed by atoms with E-state index < -0.39 is 0 Å². The van der Waals surface area contributed by atoms with Crippen LogP contribution >= 0.6 is 0 Å². The SMILES string of the molecule is c1ccc(-c2ccc(Cn3cccn3)cc2)c(CNc2ccc3nccnc3n2)c1. The van der Waals surface area contributed by atoms with Crippen molar-refractivity contribution in [3.05, 3.63) is 103 Å². The molecule has 0 spiro atoms. The predicted octanol–water partition coefficient (Wildman–Crippen LogP) is 4.55. The van der Waals surface area contributed by atoms with Crippen molar-refractivity contribution >= 4 is 17.0 Å². The van der Waals surface area contributed by atoms with Crippen molar-refractivity contribution in [2.45, 2.75) is 13.1 Å². The summed E-state index contributed by atoms with van der Waals surface area (Å²) in [7, 11) is 0. The first kappa shape index (κ1) is 18.0. The number of hydrogen-bond acceptors (Lipinski definition) is 5. The first-order valence-electron chi connectivity index (χ1n) is 9.81. The van der Waals surface area contributed by atoms with Gasteiger partial charge in [0.2, 0.25) is 0 Å². The molecular weight excluding hydrogens is 372 g/mol. The van der Waals surface area contributed by atoms with Crippen molar-refractivity contribution in [2.24, 2.45) is 0 Å². The lowest BCUT2D eigenvalue weighted by molar-refractivity contribution is 0.687. The Morgan fingerprint density at radius 3 is 2.53 bits per heavy atom. The molecule has 146 valence electrons. The Hall–Kier alpha value is -4.06. The molecule has 0 aliphatic heterocycles. The van der Waals surface area contributed by atoms with E-state index in [2.05, 4.69) is 73.9 Å². The summed E-state index contributed by atoms with van der Waals surface area (Å²) >= 11 is 0. The Morgan fingerprint density at radius 2 is 1.67 bits per heavy atom. The van der Waals surface area contributed by atoms with Gasteiger partial charge in [-0.1, -0.05) is 48.5 Å². The molecule has 0 saturated heterocycles. The molecule has 5 aromatic rings. The van der Waals surface area contributed by atoms with Gasteiger partial charge < -0.3 is 5.32 Å². The summed E-state index contributed by atoms with van der Waals surface area (Å²) < 4.78 is 1.92. The van der Waals surface area contributed by atoms with Crippen LogP contribution in [0, 0.1) is 0 Å². The summed E-state index contributed by atoms with van der Waals surface area (Å²) in [6.07, 6.45) is 7.11. The van der Waals surface area contributed by atoms with Gasteiger partial charge in [0.15, 0.2) is 5.65 Å². The van der Waals surface area contributed by atoms with Gasteiger partial charge in [-0.2, -0.15) is 5.10 Å². The van der Waals surface area contributed by atoms with Gasteiger partial charge in [-0.25, -0.2) is 9.97 Å². The molecule has 2 aromatic carbocycles. The number of aromatic nitrogens is 5. The van der Waals surface area contributed by atoms with Crippen LogP contribution in [0.4, 0.5) is 5.82 Å².